The van der Waals surface area contributed by atoms with Crippen LogP contribution >= 0.6 is 22.6 Å². The van der Waals surface area contributed by atoms with Crippen LogP contribution in [0.5, 0.6) is 0 Å². The summed E-state index contributed by atoms with van der Waals surface area (Å²) in [6, 6.07) is 9.10. The van der Waals surface area contributed by atoms with E-state index in [9.17, 15) is 4.79 Å². The number of hydrogen-bond donors (Lipinski definition) is 0. The largest absolute Gasteiger partial charge is 0.298 e. The van der Waals surface area contributed by atoms with Gasteiger partial charge in [0.2, 0.25) is 0 Å². The number of aldehydes is 1. The zero-order chi connectivity index (χ0) is 9.94. The lowest BCUT2D eigenvalue weighted by Gasteiger charge is -1.81. The van der Waals surface area contributed by atoms with Gasteiger partial charge in [0.1, 0.15) is 6.29 Å². The van der Waals surface area contributed by atoms with Gasteiger partial charge in [-0.3, -0.25) is 4.79 Å². The number of hydrogen-bond acceptors (Lipinski definition) is 1. The van der Waals surface area contributed by atoms with Crippen molar-refractivity contribution >= 4 is 28.9 Å². The van der Waals surface area contributed by atoms with Gasteiger partial charge in [0.25, 0.3) is 0 Å². The highest BCUT2D eigenvalue weighted by Crippen LogP contribution is 1.91. The number of rotatable bonds is 3. The van der Waals surface area contributed by atoms with Crippen molar-refractivity contribution in [2.45, 2.75) is 19.8 Å². The van der Waals surface area contributed by atoms with E-state index in [4.69, 9.17) is 0 Å². The predicted octanol–water partition coefficient (Wildman–Crippen LogP) is 3.72. The molecule has 0 saturated carbocycles. The molecule has 0 aliphatic carbocycles. The molecule has 13 heavy (non-hydrogen) atoms. The van der Waals surface area contributed by atoms with Crippen LogP contribution in [0.15, 0.2) is 30.3 Å². The number of halogens is 1. The summed E-state index contributed by atoms with van der Waals surface area (Å²) in [5.74, 6) is 0. The summed E-state index contributed by atoms with van der Waals surface area (Å²) in [7, 11) is 0. The second-order valence-electron chi connectivity index (χ2n) is 2.57. The lowest BCUT2D eigenvalue weighted by atomic mass is 10.2. The fourth-order valence-corrected chi connectivity index (χ4v) is 1.43. The maximum absolute atomic E-state index is 10.0. The first-order valence-corrected chi connectivity index (χ1v) is 5.94. The Morgan fingerprint density at radius 3 is 2.15 bits per heavy atom. The summed E-state index contributed by atoms with van der Waals surface area (Å²) in [4.78, 5) is 10.0. The number of alkyl halides is 1. The van der Waals surface area contributed by atoms with Gasteiger partial charge in [0, 0.05) is 5.56 Å². The molecule has 1 aromatic rings. The first kappa shape index (κ1) is 12.6. The molecule has 0 aromatic heterocycles. The molecule has 0 aliphatic rings. The molecule has 0 spiro atoms. The smallest absolute Gasteiger partial charge is 0.150 e. The molecule has 0 N–H and O–H groups in total. The van der Waals surface area contributed by atoms with Crippen molar-refractivity contribution in [2.75, 3.05) is 4.43 Å². The Balaban J connectivity index is 0.000000252. The molecule has 72 valence electrons. The van der Waals surface area contributed by atoms with Crippen LogP contribution in [0.1, 0.15) is 30.1 Å². The minimum atomic E-state index is 0.729. The van der Waals surface area contributed by atoms with E-state index in [2.05, 4.69) is 29.5 Å². The quantitative estimate of drug-likeness (QED) is 0.471. The lowest BCUT2D eigenvalue weighted by molar-refractivity contribution is 0.112. The van der Waals surface area contributed by atoms with E-state index in [0.717, 1.165) is 11.8 Å². The Hall–Kier alpha value is -0.380. The van der Waals surface area contributed by atoms with Crippen LogP contribution in [0, 0.1) is 0 Å². The zero-order valence-electron chi connectivity index (χ0n) is 7.87. The van der Waals surface area contributed by atoms with Crippen molar-refractivity contribution in [2.24, 2.45) is 0 Å². The Morgan fingerprint density at radius 1 is 1.31 bits per heavy atom. The summed E-state index contributed by atoms with van der Waals surface area (Å²) >= 11 is 2.39. The first-order chi connectivity index (χ1) is 6.35. The van der Waals surface area contributed by atoms with E-state index < -0.39 is 0 Å². The van der Waals surface area contributed by atoms with Gasteiger partial charge in [-0.15, -0.1) is 0 Å². The summed E-state index contributed by atoms with van der Waals surface area (Å²) in [5.41, 5.74) is 0.729. The maximum Gasteiger partial charge on any atom is 0.150 e. The highest BCUT2D eigenvalue weighted by molar-refractivity contribution is 14.1. The molecule has 0 saturated heterocycles. The van der Waals surface area contributed by atoms with E-state index in [1.165, 1.54) is 17.3 Å². The second kappa shape index (κ2) is 9.71. The molecular weight excluding hydrogens is 275 g/mol. The monoisotopic (exact) mass is 290 g/mol. The van der Waals surface area contributed by atoms with Crippen molar-refractivity contribution < 1.29 is 4.79 Å². The van der Waals surface area contributed by atoms with Crippen LogP contribution in [-0.4, -0.2) is 10.7 Å². The predicted molar refractivity (Wildman–Crippen MR) is 65.6 cm³/mol. The Labute approximate surface area is 93.7 Å². The Morgan fingerprint density at radius 2 is 1.92 bits per heavy atom. The Bertz CT molecular complexity index is 207. The topological polar surface area (TPSA) is 17.1 Å². The van der Waals surface area contributed by atoms with E-state index in [1.54, 1.807) is 12.1 Å². The summed E-state index contributed by atoms with van der Waals surface area (Å²) in [6.45, 7) is 2.21. The molecular formula is C11H15IO. The first-order valence-electron chi connectivity index (χ1n) is 4.41. The van der Waals surface area contributed by atoms with Crippen LogP contribution in [-0.2, 0) is 0 Å². The van der Waals surface area contributed by atoms with E-state index >= 15 is 0 Å². The van der Waals surface area contributed by atoms with E-state index in [0.29, 0.717) is 0 Å². The standard InChI is InChI=1S/C7H6O.C4H9I/c8-6-7-4-2-1-3-5-7;1-2-3-4-5/h1-6H;2-4H2,1H3. The molecule has 1 nitrogen and oxygen atoms in total. The van der Waals surface area contributed by atoms with Crippen LogP contribution in [0.3, 0.4) is 0 Å². The van der Waals surface area contributed by atoms with Crippen molar-refractivity contribution in [3.63, 3.8) is 0 Å². The van der Waals surface area contributed by atoms with Crippen molar-refractivity contribution in [3.8, 4) is 0 Å². The average molecular weight is 290 g/mol. The van der Waals surface area contributed by atoms with Crippen LogP contribution in [0.25, 0.3) is 0 Å². The van der Waals surface area contributed by atoms with E-state index in [1.807, 2.05) is 18.2 Å². The fourth-order valence-electron chi connectivity index (χ4n) is 0.665. The van der Waals surface area contributed by atoms with Crippen LogP contribution in [0.4, 0.5) is 0 Å². The number of benzene rings is 1. The molecule has 0 atom stereocenters. The van der Waals surface area contributed by atoms with Gasteiger partial charge in [-0.25, -0.2) is 0 Å². The van der Waals surface area contributed by atoms with E-state index in [-0.39, 0.29) is 0 Å². The average Bonchev–Trinajstić information content (AvgIpc) is 2.21. The molecule has 1 rings (SSSR count). The van der Waals surface area contributed by atoms with Crippen LogP contribution < -0.4 is 0 Å². The summed E-state index contributed by atoms with van der Waals surface area (Å²) in [5, 5.41) is 0. The molecule has 0 radical (unpaired) electrons. The van der Waals surface area contributed by atoms with Gasteiger partial charge in [-0.1, -0.05) is 66.3 Å². The fraction of sp³-hybridized carbons (Fsp3) is 0.364. The third-order valence-electron chi connectivity index (χ3n) is 1.42. The molecule has 0 bridgehead atoms. The molecule has 2 heteroatoms. The van der Waals surface area contributed by atoms with Gasteiger partial charge in [-0.2, -0.15) is 0 Å². The SMILES string of the molecule is CCCCI.O=Cc1ccccc1. The van der Waals surface area contributed by atoms with Gasteiger partial charge >= 0.3 is 0 Å². The normalized spacial score (nSPS) is 8.46. The zero-order valence-corrected chi connectivity index (χ0v) is 10.0. The number of unbranched alkanes of at least 4 members (excludes halogenated alkanes) is 1. The van der Waals surface area contributed by atoms with Gasteiger partial charge in [-0.05, 0) is 10.8 Å². The van der Waals surface area contributed by atoms with Crippen LogP contribution in [0.2, 0.25) is 0 Å². The van der Waals surface area contributed by atoms with Crippen molar-refractivity contribution in [3.05, 3.63) is 35.9 Å². The van der Waals surface area contributed by atoms with Crippen molar-refractivity contribution in [1.82, 2.24) is 0 Å². The maximum atomic E-state index is 10.0. The van der Waals surface area contributed by atoms with Gasteiger partial charge < -0.3 is 0 Å². The minimum Gasteiger partial charge on any atom is -0.298 e. The molecule has 0 fully saturated rings. The van der Waals surface area contributed by atoms with Gasteiger partial charge in [0.15, 0.2) is 0 Å². The summed E-state index contributed by atoms with van der Waals surface area (Å²) in [6.07, 6.45) is 3.55. The van der Waals surface area contributed by atoms with Gasteiger partial charge in [0.05, 0.1) is 0 Å². The third kappa shape index (κ3) is 7.96. The Kier molecular flexibility index (Phi) is 9.42. The second-order valence-corrected chi connectivity index (χ2v) is 3.65. The molecule has 0 heterocycles. The minimum absolute atomic E-state index is 0.729. The third-order valence-corrected chi connectivity index (χ3v) is 2.19. The molecule has 0 amide bonds. The molecule has 0 aliphatic heterocycles. The molecule has 1 aromatic carbocycles. The number of carbonyl (C=O) groups is 1. The lowest BCUT2D eigenvalue weighted by Crippen LogP contribution is -1.73. The highest BCUT2D eigenvalue weighted by Gasteiger charge is 1.80. The number of carbonyl (C=O) groups excluding carboxylic acids is 1. The molecule has 0 unspecified atom stereocenters. The van der Waals surface area contributed by atoms with Crippen molar-refractivity contribution in [1.29, 1.82) is 0 Å². The highest BCUT2D eigenvalue weighted by atomic mass is 127. The summed E-state index contributed by atoms with van der Waals surface area (Å²) < 4.78 is 1.31.